The summed E-state index contributed by atoms with van der Waals surface area (Å²) in [6.45, 7) is 5.12. The number of allylic oxidation sites excluding steroid dienone is 2. The summed E-state index contributed by atoms with van der Waals surface area (Å²) < 4.78 is 25.7. The second-order valence-electron chi connectivity index (χ2n) is 9.38. The summed E-state index contributed by atoms with van der Waals surface area (Å²) in [6, 6.07) is 5.17. The highest BCUT2D eigenvalue weighted by molar-refractivity contribution is 5.97. The zero-order valence-corrected chi connectivity index (χ0v) is 20.1. The largest absolute Gasteiger partial charge is 0.494 e. The molecule has 2 fully saturated rings. The number of rotatable bonds is 7. The molecule has 0 saturated carbocycles. The van der Waals surface area contributed by atoms with Crippen molar-refractivity contribution >= 4 is 17.9 Å². The number of hydrogen-bond acceptors (Lipinski definition) is 6. The molecule has 1 aromatic rings. The molecule has 1 aromatic carbocycles. The van der Waals surface area contributed by atoms with Gasteiger partial charge in [-0.1, -0.05) is 5.92 Å². The maximum atomic E-state index is 13.8. The van der Waals surface area contributed by atoms with E-state index in [1.807, 2.05) is 6.08 Å². The average Bonchev–Trinajstić information content (AvgIpc) is 3.30. The highest BCUT2D eigenvalue weighted by Gasteiger charge is 2.35. The molecular formula is C27H32FN5O2. The first-order chi connectivity index (χ1) is 17.2. The second-order valence-corrected chi connectivity index (χ2v) is 9.38. The van der Waals surface area contributed by atoms with Crippen molar-refractivity contribution in [3.8, 4) is 12.3 Å². The molecule has 0 radical (unpaired) electrons. The maximum absolute atomic E-state index is 13.8. The van der Waals surface area contributed by atoms with Gasteiger partial charge < -0.3 is 20.1 Å². The Morgan fingerprint density at radius 2 is 2.26 bits per heavy atom. The van der Waals surface area contributed by atoms with E-state index >= 15 is 0 Å². The standard InChI is InChI=1S/C27H32FN5O2/c1-3-18-13-20(5-6-22(18)28)32-27-21-14-26(25(34-2)15-23(21)30-17-31-27)35-12-4-10-33-11-8-19-7-9-29-16-24(19)33/h1,5-6,13,15,17,19,21,24,29H,4,7-12,14,16H2,2H3,(H,30,31,32). The maximum Gasteiger partial charge on any atom is 0.158 e. The molecule has 1 aliphatic carbocycles. The fraction of sp³-hybridized carbons (Fsp3) is 0.481. The van der Waals surface area contributed by atoms with Crippen molar-refractivity contribution in [1.29, 1.82) is 0 Å². The molecule has 8 heteroatoms. The molecule has 4 aliphatic rings. The predicted molar refractivity (Wildman–Crippen MR) is 135 cm³/mol. The summed E-state index contributed by atoms with van der Waals surface area (Å²) in [4.78, 5) is 11.7. The van der Waals surface area contributed by atoms with Gasteiger partial charge in [-0.2, -0.15) is 0 Å². The van der Waals surface area contributed by atoms with Crippen LogP contribution < -0.4 is 10.6 Å². The molecule has 184 valence electrons. The Balaban J connectivity index is 1.23. The molecule has 3 atom stereocenters. The lowest BCUT2D eigenvalue weighted by atomic mass is 9.92. The van der Waals surface area contributed by atoms with Crippen LogP contribution in [-0.4, -0.2) is 63.0 Å². The third-order valence-corrected chi connectivity index (χ3v) is 7.35. The molecule has 2 saturated heterocycles. The molecule has 0 bridgehead atoms. The van der Waals surface area contributed by atoms with E-state index in [2.05, 4.69) is 31.4 Å². The van der Waals surface area contributed by atoms with Crippen LogP contribution in [0.5, 0.6) is 0 Å². The molecule has 0 aromatic heterocycles. The van der Waals surface area contributed by atoms with E-state index in [0.29, 0.717) is 36.4 Å². The van der Waals surface area contributed by atoms with Gasteiger partial charge in [-0.3, -0.25) is 4.90 Å². The van der Waals surface area contributed by atoms with Gasteiger partial charge in [0.25, 0.3) is 0 Å². The lowest BCUT2D eigenvalue weighted by Crippen LogP contribution is -2.46. The Morgan fingerprint density at radius 3 is 3.11 bits per heavy atom. The number of fused-ring (bicyclic) bond motifs is 2. The minimum Gasteiger partial charge on any atom is -0.494 e. The van der Waals surface area contributed by atoms with E-state index in [-0.39, 0.29) is 11.5 Å². The minimum atomic E-state index is -0.434. The van der Waals surface area contributed by atoms with Crippen molar-refractivity contribution in [2.45, 2.75) is 31.7 Å². The lowest BCUT2D eigenvalue weighted by Gasteiger charge is -2.32. The molecule has 2 N–H and O–H groups in total. The Hall–Kier alpha value is -3.15. The first-order valence-electron chi connectivity index (χ1n) is 12.4. The SMILES string of the molecule is C#Cc1cc(N=C2N=CNC3=CC(OC)=C(OCCCN4CCC5CCNCC54)CC32)ccc1F. The Labute approximate surface area is 206 Å². The highest BCUT2D eigenvalue weighted by Crippen LogP contribution is 2.33. The lowest BCUT2D eigenvalue weighted by molar-refractivity contribution is 0.139. The quantitative estimate of drug-likeness (QED) is 0.466. The van der Waals surface area contributed by atoms with Crippen LogP contribution in [0.25, 0.3) is 0 Å². The Bertz CT molecular complexity index is 1120. The van der Waals surface area contributed by atoms with Crippen molar-refractivity contribution < 1.29 is 13.9 Å². The minimum absolute atomic E-state index is 0.110. The Kier molecular flexibility index (Phi) is 7.16. The first kappa shape index (κ1) is 23.6. The number of aliphatic imine (C=N–C) groups is 2. The van der Waals surface area contributed by atoms with Crippen LogP contribution in [0.3, 0.4) is 0 Å². The molecule has 0 amide bonds. The number of ether oxygens (including phenoxy) is 2. The summed E-state index contributed by atoms with van der Waals surface area (Å²) in [5.74, 6) is 4.79. The number of piperidine rings is 1. The molecule has 3 heterocycles. The van der Waals surface area contributed by atoms with E-state index in [1.54, 1.807) is 25.6 Å². The van der Waals surface area contributed by atoms with Crippen molar-refractivity contribution in [2.75, 3.05) is 39.9 Å². The van der Waals surface area contributed by atoms with E-state index < -0.39 is 5.82 Å². The second kappa shape index (κ2) is 10.6. The van der Waals surface area contributed by atoms with Crippen molar-refractivity contribution in [2.24, 2.45) is 21.8 Å². The monoisotopic (exact) mass is 477 g/mol. The van der Waals surface area contributed by atoms with Crippen LogP contribution >= 0.6 is 0 Å². The number of terminal acetylenes is 1. The molecular weight excluding hydrogens is 445 g/mol. The molecule has 7 nitrogen and oxygen atoms in total. The average molecular weight is 478 g/mol. The van der Waals surface area contributed by atoms with Crippen molar-refractivity contribution in [3.63, 3.8) is 0 Å². The normalized spacial score (nSPS) is 27.1. The smallest absolute Gasteiger partial charge is 0.158 e. The third kappa shape index (κ3) is 5.12. The van der Waals surface area contributed by atoms with Crippen LogP contribution in [-0.2, 0) is 9.47 Å². The summed E-state index contributed by atoms with van der Waals surface area (Å²) >= 11 is 0. The van der Waals surface area contributed by atoms with Gasteiger partial charge in [-0.25, -0.2) is 14.4 Å². The van der Waals surface area contributed by atoms with Gasteiger partial charge in [0.15, 0.2) is 5.76 Å². The van der Waals surface area contributed by atoms with Crippen molar-refractivity contribution in [1.82, 2.24) is 15.5 Å². The topological polar surface area (TPSA) is 70.5 Å². The van der Waals surface area contributed by atoms with E-state index in [4.69, 9.17) is 15.9 Å². The van der Waals surface area contributed by atoms with Gasteiger partial charge >= 0.3 is 0 Å². The number of halogens is 1. The van der Waals surface area contributed by atoms with Crippen LogP contribution in [0, 0.1) is 30.0 Å². The number of amidine groups is 1. The first-order valence-corrected chi connectivity index (χ1v) is 12.4. The summed E-state index contributed by atoms with van der Waals surface area (Å²) in [7, 11) is 1.66. The van der Waals surface area contributed by atoms with Gasteiger partial charge in [0, 0.05) is 37.3 Å². The van der Waals surface area contributed by atoms with E-state index in [1.165, 1.54) is 25.5 Å². The fourth-order valence-corrected chi connectivity index (χ4v) is 5.49. The van der Waals surface area contributed by atoms with E-state index in [0.717, 1.165) is 43.4 Å². The van der Waals surface area contributed by atoms with Crippen molar-refractivity contribution in [3.05, 3.63) is 52.9 Å². The van der Waals surface area contributed by atoms with Gasteiger partial charge in [-0.15, -0.1) is 6.42 Å². The number of nitrogens with one attached hydrogen (secondary N) is 2. The molecule has 35 heavy (non-hydrogen) atoms. The van der Waals surface area contributed by atoms with Crippen LogP contribution in [0.15, 0.2) is 51.5 Å². The van der Waals surface area contributed by atoms with E-state index in [9.17, 15) is 4.39 Å². The third-order valence-electron chi connectivity index (χ3n) is 7.35. The fourth-order valence-electron chi connectivity index (χ4n) is 5.49. The number of likely N-dealkylation sites (tertiary alicyclic amines) is 1. The van der Waals surface area contributed by atoms with Gasteiger partial charge in [0.1, 0.15) is 17.4 Å². The predicted octanol–water partition coefficient (Wildman–Crippen LogP) is 3.32. The number of hydrogen-bond donors (Lipinski definition) is 2. The summed E-state index contributed by atoms with van der Waals surface area (Å²) in [6.07, 6.45) is 13.1. The van der Waals surface area contributed by atoms with Gasteiger partial charge in [0.05, 0.1) is 37.2 Å². The zero-order chi connectivity index (χ0) is 24.2. The number of nitrogens with zero attached hydrogens (tertiary/aromatic N) is 3. The molecule has 0 spiro atoms. The molecule has 5 rings (SSSR count). The van der Waals surface area contributed by atoms with Gasteiger partial charge in [-0.05, 0) is 56.5 Å². The summed E-state index contributed by atoms with van der Waals surface area (Å²) in [5.41, 5.74) is 1.69. The van der Waals surface area contributed by atoms with Gasteiger partial charge in [0.2, 0.25) is 0 Å². The van der Waals surface area contributed by atoms with Crippen LogP contribution in [0.2, 0.25) is 0 Å². The number of benzene rings is 1. The summed E-state index contributed by atoms with van der Waals surface area (Å²) in [5, 5.41) is 6.74. The molecule has 3 unspecified atom stereocenters. The van der Waals surface area contributed by atoms with Crippen LogP contribution in [0.1, 0.15) is 31.2 Å². The molecule has 3 aliphatic heterocycles. The van der Waals surface area contributed by atoms with Crippen LogP contribution in [0.4, 0.5) is 10.1 Å². The Morgan fingerprint density at radius 1 is 1.34 bits per heavy atom. The highest BCUT2D eigenvalue weighted by atomic mass is 19.1. The zero-order valence-electron chi connectivity index (χ0n) is 20.1. The number of methoxy groups -OCH3 is 1.